The highest BCUT2D eigenvalue weighted by atomic mass is 16.5. The molecule has 0 bridgehead atoms. The van der Waals surface area contributed by atoms with E-state index < -0.39 is 11.9 Å². The summed E-state index contributed by atoms with van der Waals surface area (Å²) in [4.78, 5) is 40.0. The predicted molar refractivity (Wildman–Crippen MR) is 92.7 cm³/mol. The van der Waals surface area contributed by atoms with Gasteiger partial charge in [-0.15, -0.1) is 0 Å². The molecule has 1 aromatic rings. The average molecular weight is 343 g/mol. The molecule has 1 unspecified atom stereocenters. The molecule has 0 saturated heterocycles. The zero-order valence-corrected chi connectivity index (χ0v) is 14.6. The highest BCUT2D eigenvalue weighted by Gasteiger charge is 2.33. The van der Waals surface area contributed by atoms with Crippen LogP contribution in [-0.2, 0) is 19.1 Å². The fraction of sp³-hybridized carbons (Fsp3) is 0.368. The van der Waals surface area contributed by atoms with Crippen molar-refractivity contribution in [3.63, 3.8) is 0 Å². The number of aliphatic imine (C=N–C) groups is 1. The minimum atomic E-state index is -1.03. The van der Waals surface area contributed by atoms with Crippen molar-refractivity contribution in [3.8, 4) is 0 Å². The number of carbonyl (C=O) groups excluding carboxylic acids is 3. The quantitative estimate of drug-likeness (QED) is 0.342. The number of allylic oxidation sites excluding steroid dienone is 2. The largest absolute Gasteiger partial charge is 0.462 e. The van der Waals surface area contributed by atoms with Gasteiger partial charge >= 0.3 is 11.9 Å². The first kappa shape index (κ1) is 18.6. The smallest absolute Gasteiger partial charge is 0.338 e. The lowest BCUT2D eigenvalue weighted by Crippen LogP contribution is -2.34. The Morgan fingerprint density at radius 1 is 1.24 bits per heavy atom. The number of rotatable bonds is 6. The summed E-state index contributed by atoms with van der Waals surface area (Å²) in [5.74, 6) is -2.09. The Hall–Kier alpha value is -2.76. The van der Waals surface area contributed by atoms with Crippen LogP contribution in [0.3, 0.4) is 0 Å². The Morgan fingerprint density at radius 2 is 1.92 bits per heavy atom. The van der Waals surface area contributed by atoms with E-state index in [4.69, 9.17) is 9.47 Å². The van der Waals surface area contributed by atoms with E-state index in [2.05, 4.69) is 4.99 Å². The van der Waals surface area contributed by atoms with E-state index in [9.17, 15) is 14.4 Å². The Labute approximate surface area is 146 Å². The molecule has 0 saturated carbocycles. The van der Waals surface area contributed by atoms with Crippen molar-refractivity contribution in [1.82, 2.24) is 0 Å². The van der Waals surface area contributed by atoms with Crippen molar-refractivity contribution < 1.29 is 23.9 Å². The lowest BCUT2D eigenvalue weighted by atomic mass is 9.96. The molecule has 0 amide bonds. The first-order valence-corrected chi connectivity index (χ1v) is 8.18. The van der Waals surface area contributed by atoms with Gasteiger partial charge in [0.2, 0.25) is 0 Å². The number of esters is 2. The van der Waals surface area contributed by atoms with Gasteiger partial charge in [0.1, 0.15) is 5.76 Å². The van der Waals surface area contributed by atoms with Crippen molar-refractivity contribution in [1.29, 1.82) is 0 Å². The van der Waals surface area contributed by atoms with Gasteiger partial charge in [-0.25, -0.2) is 4.79 Å². The molecular formula is C19H21NO5. The number of ether oxygens (including phenoxy) is 2. The second-order valence-electron chi connectivity index (χ2n) is 5.80. The molecule has 1 atom stereocenters. The third-order valence-electron chi connectivity index (χ3n) is 3.68. The van der Waals surface area contributed by atoms with Crippen LogP contribution in [0.25, 0.3) is 0 Å². The molecular weight excluding hydrogens is 322 g/mol. The summed E-state index contributed by atoms with van der Waals surface area (Å²) in [7, 11) is 0. The lowest BCUT2D eigenvalue weighted by Gasteiger charge is -2.18. The van der Waals surface area contributed by atoms with Crippen LogP contribution in [0.1, 0.15) is 44.0 Å². The molecule has 1 aliphatic rings. The molecule has 25 heavy (non-hydrogen) atoms. The molecule has 6 heteroatoms. The molecule has 6 nitrogen and oxygen atoms in total. The summed E-state index contributed by atoms with van der Waals surface area (Å²) >= 11 is 0. The Morgan fingerprint density at radius 3 is 2.52 bits per heavy atom. The number of cyclic esters (lactones) is 1. The maximum atomic E-state index is 12.0. The lowest BCUT2D eigenvalue weighted by molar-refractivity contribution is -0.146. The van der Waals surface area contributed by atoms with Crippen LogP contribution in [0.2, 0.25) is 0 Å². The topological polar surface area (TPSA) is 82.0 Å². The minimum Gasteiger partial charge on any atom is -0.462 e. The van der Waals surface area contributed by atoms with Crippen LogP contribution in [0.4, 0.5) is 5.69 Å². The van der Waals surface area contributed by atoms with Crippen molar-refractivity contribution in [2.45, 2.75) is 33.6 Å². The van der Waals surface area contributed by atoms with Crippen LogP contribution in [-0.4, -0.2) is 30.0 Å². The maximum Gasteiger partial charge on any atom is 0.338 e. The molecule has 0 spiro atoms. The van der Waals surface area contributed by atoms with Gasteiger partial charge in [0.15, 0.2) is 11.7 Å². The molecule has 1 heterocycles. The van der Waals surface area contributed by atoms with E-state index in [-0.39, 0.29) is 17.5 Å². The Kier molecular flexibility index (Phi) is 6.22. The van der Waals surface area contributed by atoms with Gasteiger partial charge in [0, 0.05) is 11.8 Å². The molecule has 0 N–H and O–H groups in total. The second-order valence-corrected chi connectivity index (χ2v) is 5.80. The van der Waals surface area contributed by atoms with Crippen molar-refractivity contribution >= 4 is 29.1 Å². The average Bonchev–Trinajstić information content (AvgIpc) is 2.54. The number of unbranched alkanes of at least 4 members (excludes halogenated alkanes) is 1. The monoisotopic (exact) mass is 343 g/mol. The third kappa shape index (κ3) is 4.86. The van der Waals surface area contributed by atoms with E-state index in [1.165, 1.54) is 6.08 Å². The first-order chi connectivity index (χ1) is 11.9. The Bertz CT molecular complexity index is 731. The number of benzene rings is 1. The fourth-order valence-electron chi connectivity index (χ4n) is 2.36. The molecule has 2 rings (SSSR count). The fourth-order valence-corrected chi connectivity index (χ4v) is 2.36. The summed E-state index contributed by atoms with van der Waals surface area (Å²) in [5.41, 5.74) is 1.31. The van der Waals surface area contributed by atoms with Gasteiger partial charge in [0.25, 0.3) is 0 Å². The highest BCUT2D eigenvalue weighted by molar-refractivity contribution is 6.23. The molecule has 0 aliphatic carbocycles. The van der Waals surface area contributed by atoms with Gasteiger partial charge in [-0.1, -0.05) is 13.3 Å². The molecule has 132 valence electrons. The standard InChI is InChI=1S/C19H21NO5/c1-4-5-10-24-18(22)14-6-8-15(9-7-14)20-13(3)17-16(21)11-12(2)25-19(17)23/h6-9,11,17H,4-5,10H2,1-3H3. The predicted octanol–water partition coefficient (Wildman–Crippen LogP) is 3.38. The summed E-state index contributed by atoms with van der Waals surface area (Å²) in [6.07, 6.45) is 3.07. The molecule has 1 aliphatic heterocycles. The van der Waals surface area contributed by atoms with Gasteiger partial charge in [-0.2, -0.15) is 0 Å². The summed E-state index contributed by atoms with van der Waals surface area (Å²) < 4.78 is 10.1. The van der Waals surface area contributed by atoms with Crippen molar-refractivity contribution in [3.05, 3.63) is 41.7 Å². The van der Waals surface area contributed by atoms with Gasteiger partial charge in [-0.05, 0) is 44.5 Å². The van der Waals surface area contributed by atoms with Crippen LogP contribution < -0.4 is 0 Å². The number of carbonyl (C=O) groups is 3. The number of hydrogen-bond acceptors (Lipinski definition) is 6. The van der Waals surface area contributed by atoms with Crippen LogP contribution in [0.5, 0.6) is 0 Å². The highest BCUT2D eigenvalue weighted by Crippen LogP contribution is 2.20. The van der Waals surface area contributed by atoms with E-state index in [1.54, 1.807) is 38.1 Å². The summed E-state index contributed by atoms with van der Waals surface area (Å²) in [6, 6.07) is 6.48. The molecule has 1 aromatic carbocycles. The zero-order valence-electron chi connectivity index (χ0n) is 14.6. The second kappa shape index (κ2) is 8.37. The van der Waals surface area contributed by atoms with Crippen molar-refractivity contribution in [2.24, 2.45) is 10.9 Å². The summed E-state index contributed by atoms with van der Waals surface area (Å²) in [5, 5.41) is 0. The van der Waals surface area contributed by atoms with Gasteiger partial charge in [-0.3, -0.25) is 14.6 Å². The SMILES string of the molecule is CCCCOC(=O)c1ccc(N=C(C)C2C(=O)C=C(C)OC2=O)cc1. The molecule has 0 radical (unpaired) electrons. The Balaban J connectivity index is 2.09. The normalized spacial score (nSPS) is 17.8. The minimum absolute atomic E-state index is 0.282. The van der Waals surface area contributed by atoms with Gasteiger partial charge in [0.05, 0.1) is 17.9 Å². The number of ketones is 1. The number of nitrogens with zero attached hydrogens (tertiary/aromatic N) is 1. The maximum absolute atomic E-state index is 12.0. The van der Waals surface area contributed by atoms with Crippen LogP contribution in [0, 0.1) is 5.92 Å². The van der Waals surface area contributed by atoms with E-state index in [1.807, 2.05) is 6.92 Å². The third-order valence-corrected chi connectivity index (χ3v) is 3.68. The van der Waals surface area contributed by atoms with Gasteiger partial charge < -0.3 is 9.47 Å². The van der Waals surface area contributed by atoms with E-state index >= 15 is 0 Å². The van der Waals surface area contributed by atoms with E-state index in [0.717, 1.165) is 12.8 Å². The number of hydrogen-bond donors (Lipinski definition) is 0. The van der Waals surface area contributed by atoms with Crippen LogP contribution in [0.15, 0.2) is 41.1 Å². The summed E-state index contributed by atoms with van der Waals surface area (Å²) in [6.45, 7) is 5.57. The van der Waals surface area contributed by atoms with Crippen molar-refractivity contribution in [2.75, 3.05) is 6.61 Å². The molecule has 0 aromatic heterocycles. The molecule has 0 fully saturated rings. The van der Waals surface area contributed by atoms with E-state index in [0.29, 0.717) is 23.6 Å². The first-order valence-electron chi connectivity index (χ1n) is 8.18. The van der Waals surface area contributed by atoms with Crippen LogP contribution >= 0.6 is 0 Å². The zero-order chi connectivity index (χ0) is 18.4.